The van der Waals surface area contributed by atoms with Crippen molar-refractivity contribution in [2.24, 2.45) is 0 Å². The summed E-state index contributed by atoms with van der Waals surface area (Å²) in [4.78, 5) is 26.3. The molecule has 0 aliphatic rings. The van der Waals surface area contributed by atoms with Gasteiger partial charge in [-0.05, 0) is 43.7 Å². The van der Waals surface area contributed by atoms with E-state index < -0.39 is 0 Å². The number of rotatable bonds is 10. The standard InChI is InChI=1S/C22H28N2O4/c1-17(2)24(16-18-7-5-4-6-8-18)22(26)15-21(25)23-13-14-28-20-11-9-19(27-3)10-12-20/h4-12,17H,13-16H2,1-3H3,(H,23,25). The summed E-state index contributed by atoms with van der Waals surface area (Å²) in [5.74, 6) is 0.957. The third-order valence-corrected chi connectivity index (χ3v) is 4.20. The first kappa shape index (κ1) is 21.3. The molecule has 0 aliphatic heterocycles. The summed E-state index contributed by atoms with van der Waals surface area (Å²) in [5, 5.41) is 2.73. The van der Waals surface area contributed by atoms with E-state index in [0.29, 0.717) is 25.4 Å². The highest BCUT2D eigenvalue weighted by Gasteiger charge is 2.20. The van der Waals surface area contributed by atoms with Crippen LogP contribution in [-0.2, 0) is 16.1 Å². The fraction of sp³-hybridized carbons (Fsp3) is 0.364. The molecule has 2 amide bonds. The van der Waals surface area contributed by atoms with Crippen LogP contribution in [0.2, 0.25) is 0 Å². The van der Waals surface area contributed by atoms with Gasteiger partial charge in [0.25, 0.3) is 0 Å². The molecule has 0 aliphatic carbocycles. The van der Waals surface area contributed by atoms with Crippen LogP contribution in [0.4, 0.5) is 0 Å². The average Bonchev–Trinajstić information content (AvgIpc) is 2.70. The highest BCUT2D eigenvalue weighted by molar-refractivity contribution is 5.96. The van der Waals surface area contributed by atoms with Crippen molar-refractivity contribution in [3.63, 3.8) is 0 Å². The number of nitrogens with one attached hydrogen (secondary N) is 1. The van der Waals surface area contributed by atoms with Gasteiger partial charge < -0.3 is 19.7 Å². The molecule has 0 unspecified atom stereocenters. The summed E-state index contributed by atoms with van der Waals surface area (Å²) < 4.78 is 10.6. The van der Waals surface area contributed by atoms with E-state index in [1.165, 1.54) is 0 Å². The van der Waals surface area contributed by atoms with Gasteiger partial charge in [-0.25, -0.2) is 0 Å². The van der Waals surface area contributed by atoms with Gasteiger partial charge >= 0.3 is 0 Å². The van der Waals surface area contributed by atoms with Crippen LogP contribution in [0.5, 0.6) is 11.5 Å². The van der Waals surface area contributed by atoms with Crippen molar-refractivity contribution < 1.29 is 19.1 Å². The van der Waals surface area contributed by atoms with E-state index in [2.05, 4.69) is 5.32 Å². The molecule has 0 saturated carbocycles. The summed E-state index contributed by atoms with van der Waals surface area (Å²) in [5.41, 5.74) is 1.04. The molecule has 0 aromatic heterocycles. The van der Waals surface area contributed by atoms with Gasteiger partial charge in [0.05, 0.1) is 13.7 Å². The molecule has 2 aromatic carbocycles. The van der Waals surface area contributed by atoms with E-state index in [4.69, 9.17) is 9.47 Å². The molecule has 2 aromatic rings. The van der Waals surface area contributed by atoms with Crippen molar-refractivity contribution in [2.45, 2.75) is 32.9 Å². The second-order valence-electron chi connectivity index (χ2n) is 6.65. The number of nitrogens with zero attached hydrogens (tertiary/aromatic N) is 1. The van der Waals surface area contributed by atoms with Crippen LogP contribution < -0.4 is 14.8 Å². The number of carbonyl (C=O) groups is 2. The molecule has 6 heteroatoms. The molecule has 150 valence electrons. The van der Waals surface area contributed by atoms with Crippen molar-refractivity contribution in [2.75, 3.05) is 20.3 Å². The van der Waals surface area contributed by atoms with Crippen molar-refractivity contribution in [3.8, 4) is 11.5 Å². The summed E-state index contributed by atoms with van der Waals surface area (Å²) in [6.07, 6.45) is -0.173. The zero-order valence-electron chi connectivity index (χ0n) is 16.7. The molecule has 0 heterocycles. The first-order valence-corrected chi connectivity index (χ1v) is 9.36. The Labute approximate surface area is 166 Å². The summed E-state index contributed by atoms with van der Waals surface area (Å²) in [6, 6.07) is 17.0. The Kier molecular flexibility index (Phi) is 8.34. The highest BCUT2D eigenvalue weighted by Crippen LogP contribution is 2.16. The number of hydrogen-bond donors (Lipinski definition) is 1. The van der Waals surface area contributed by atoms with Crippen LogP contribution >= 0.6 is 0 Å². The van der Waals surface area contributed by atoms with E-state index in [1.54, 1.807) is 36.3 Å². The molecular weight excluding hydrogens is 356 g/mol. The Hall–Kier alpha value is -3.02. The van der Waals surface area contributed by atoms with Crippen molar-refractivity contribution in [1.82, 2.24) is 10.2 Å². The summed E-state index contributed by atoms with van der Waals surface area (Å²) in [7, 11) is 1.60. The normalized spacial score (nSPS) is 10.4. The van der Waals surface area contributed by atoms with E-state index in [-0.39, 0.29) is 24.3 Å². The Bertz CT molecular complexity index is 745. The fourth-order valence-electron chi connectivity index (χ4n) is 2.67. The summed E-state index contributed by atoms with van der Waals surface area (Å²) >= 11 is 0. The Balaban J connectivity index is 1.74. The molecule has 2 rings (SSSR count). The molecular formula is C22H28N2O4. The van der Waals surface area contributed by atoms with Gasteiger partial charge in [-0.1, -0.05) is 30.3 Å². The maximum absolute atomic E-state index is 12.5. The van der Waals surface area contributed by atoms with Gasteiger partial charge in [0.15, 0.2) is 0 Å². The Morgan fingerprint density at radius 3 is 2.25 bits per heavy atom. The van der Waals surface area contributed by atoms with E-state index >= 15 is 0 Å². The predicted molar refractivity (Wildman–Crippen MR) is 108 cm³/mol. The van der Waals surface area contributed by atoms with Crippen LogP contribution in [-0.4, -0.2) is 43.0 Å². The average molecular weight is 384 g/mol. The molecule has 6 nitrogen and oxygen atoms in total. The minimum Gasteiger partial charge on any atom is -0.497 e. The minimum absolute atomic E-state index is 0.0129. The number of hydrogen-bond acceptors (Lipinski definition) is 4. The van der Waals surface area contributed by atoms with Gasteiger partial charge in [0.1, 0.15) is 24.5 Å². The predicted octanol–water partition coefficient (Wildman–Crippen LogP) is 3.02. The zero-order valence-corrected chi connectivity index (χ0v) is 16.7. The second-order valence-corrected chi connectivity index (χ2v) is 6.65. The Morgan fingerprint density at radius 2 is 1.64 bits per heavy atom. The summed E-state index contributed by atoms with van der Waals surface area (Å²) in [6.45, 7) is 5.04. The number of amides is 2. The minimum atomic E-state index is -0.304. The lowest BCUT2D eigenvalue weighted by molar-refractivity contribution is -0.137. The SMILES string of the molecule is COc1ccc(OCCNC(=O)CC(=O)N(Cc2ccccc2)C(C)C)cc1. The van der Waals surface area contributed by atoms with Crippen molar-refractivity contribution >= 4 is 11.8 Å². The third kappa shape index (κ3) is 6.95. The lowest BCUT2D eigenvalue weighted by Gasteiger charge is -2.26. The molecule has 0 radical (unpaired) electrons. The number of ether oxygens (including phenoxy) is 2. The molecule has 0 saturated heterocycles. The van der Waals surface area contributed by atoms with Crippen molar-refractivity contribution in [1.29, 1.82) is 0 Å². The first-order valence-electron chi connectivity index (χ1n) is 9.36. The van der Waals surface area contributed by atoms with Gasteiger partial charge in [-0.15, -0.1) is 0 Å². The molecule has 0 atom stereocenters. The zero-order chi connectivity index (χ0) is 20.4. The van der Waals surface area contributed by atoms with E-state index in [9.17, 15) is 9.59 Å². The van der Waals surface area contributed by atoms with Crippen LogP contribution in [0.25, 0.3) is 0 Å². The van der Waals surface area contributed by atoms with E-state index in [1.807, 2.05) is 44.2 Å². The van der Waals surface area contributed by atoms with Crippen molar-refractivity contribution in [3.05, 3.63) is 60.2 Å². The van der Waals surface area contributed by atoms with Gasteiger partial charge in [-0.2, -0.15) is 0 Å². The topological polar surface area (TPSA) is 67.9 Å². The van der Waals surface area contributed by atoms with E-state index in [0.717, 1.165) is 11.3 Å². The van der Waals surface area contributed by atoms with Gasteiger partial charge in [0, 0.05) is 12.6 Å². The maximum Gasteiger partial charge on any atom is 0.232 e. The Morgan fingerprint density at radius 1 is 1.00 bits per heavy atom. The third-order valence-electron chi connectivity index (χ3n) is 4.20. The number of carbonyl (C=O) groups excluding carboxylic acids is 2. The lowest BCUT2D eigenvalue weighted by Crippen LogP contribution is -2.40. The largest absolute Gasteiger partial charge is 0.497 e. The monoisotopic (exact) mass is 384 g/mol. The highest BCUT2D eigenvalue weighted by atomic mass is 16.5. The smallest absolute Gasteiger partial charge is 0.232 e. The molecule has 0 fully saturated rings. The fourth-order valence-corrected chi connectivity index (χ4v) is 2.67. The van der Waals surface area contributed by atoms with Crippen LogP contribution in [0.3, 0.4) is 0 Å². The molecule has 0 bridgehead atoms. The number of benzene rings is 2. The van der Waals surface area contributed by atoms with Gasteiger partial charge in [-0.3, -0.25) is 9.59 Å². The molecule has 1 N–H and O–H groups in total. The van der Waals surface area contributed by atoms with Crippen LogP contribution in [0.1, 0.15) is 25.8 Å². The van der Waals surface area contributed by atoms with Gasteiger partial charge in [0.2, 0.25) is 11.8 Å². The maximum atomic E-state index is 12.5. The number of methoxy groups -OCH3 is 1. The first-order chi connectivity index (χ1) is 13.5. The quantitative estimate of drug-likeness (QED) is 0.505. The van der Waals surface area contributed by atoms with Crippen LogP contribution in [0, 0.1) is 0 Å². The molecule has 0 spiro atoms. The van der Waals surface area contributed by atoms with Crippen LogP contribution in [0.15, 0.2) is 54.6 Å². The lowest BCUT2D eigenvalue weighted by atomic mass is 10.1. The molecule has 28 heavy (non-hydrogen) atoms. The second kappa shape index (κ2) is 11.0.